The number of carbonyl (C=O) groups excluding carboxylic acids is 1. The third-order valence-electron chi connectivity index (χ3n) is 4.37. The number of nitrogens with one attached hydrogen (secondary N) is 1. The zero-order chi connectivity index (χ0) is 18.8. The van der Waals surface area contributed by atoms with E-state index in [4.69, 9.17) is 9.47 Å². The van der Waals surface area contributed by atoms with E-state index in [-0.39, 0.29) is 11.9 Å². The molecule has 3 aromatic rings. The van der Waals surface area contributed by atoms with Gasteiger partial charge in [-0.3, -0.25) is 4.79 Å². The van der Waals surface area contributed by atoms with E-state index < -0.39 is 0 Å². The second-order valence-corrected chi connectivity index (χ2v) is 8.27. The fraction of sp³-hybridized carbons (Fsp3) is 0.190. The number of carbonyl (C=O) groups is 1. The van der Waals surface area contributed by atoms with E-state index in [1.807, 2.05) is 61.5 Å². The summed E-state index contributed by atoms with van der Waals surface area (Å²) in [6, 6.07) is 17.6. The van der Waals surface area contributed by atoms with Crippen LogP contribution < -0.4 is 14.8 Å². The van der Waals surface area contributed by atoms with Gasteiger partial charge >= 0.3 is 0 Å². The lowest BCUT2D eigenvalue weighted by atomic mass is 10.1. The lowest BCUT2D eigenvalue weighted by Crippen LogP contribution is -2.25. The molecule has 4 nitrogen and oxygen atoms in total. The van der Waals surface area contributed by atoms with Gasteiger partial charge in [-0.1, -0.05) is 28.1 Å². The van der Waals surface area contributed by atoms with Crippen LogP contribution in [0.2, 0.25) is 0 Å². The second-order valence-electron chi connectivity index (χ2n) is 6.27. The maximum Gasteiger partial charge on any atom is 0.261 e. The summed E-state index contributed by atoms with van der Waals surface area (Å²) in [5.41, 5.74) is 2.08. The van der Waals surface area contributed by atoms with Crippen LogP contribution >= 0.6 is 27.3 Å². The van der Waals surface area contributed by atoms with Gasteiger partial charge in [-0.25, -0.2) is 0 Å². The zero-order valence-corrected chi connectivity index (χ0v) is 17.1. The molecule has 0 unspecified atom stereocenters. The molecule has 138 valence electrons. The van der Waals surface area contributed by atoms with Crippen molar-refractivity contribution in [3.05, 3.63) is 69.5 Å². The van der Waals surface area contributed by atoms with Crippen LogP contribution in [0, 0.1) is 0 Å². The fourth-order valence-corrected chi connectivity index (χ4v) is 4.08. The summed E-state index contributed by atoms with van der Waals surface area (Å²) in [6.07, 6.45) is 0. The summed E-state index contributed by atoms with van der Waals surface area (Å²) < 4.78 is 12.2. The van der Waals surface area contributed by atoms with Crippen molar-refractivity contribution in [3.8, 4) is 21.9 Å². The maximum atomic E-state index is 12.6. The van der Waals surface area contributed by atoms with Gasteiger partial charge in [-0.15, -0.1) is 11.3 Å². The second kappa shape index (κ2) is 7.74. The number of hydrogen-bond acceptors (Lipinski definition) is 4. The van der Waals surface area contributed by atoms with Crippen LogP contribution in [0.5, 0.6) is 11.5 Å². The van der Waals surface area contributed by atoms with Gasteiger partial charge in [0.25, 0.3) is 5.91 Å². The van der Waals surface area contributed by atoms with E-state index in [1.165, 1.54) is 11.3 Å². The number of rotatable bonds is 4. The maximum absolute atomic E-state index is 12.6. The van der Waals surface area contributed by atoms with Crippen molar-refractivity contribution in [2.24, 2.45) is 0 Å². The van der Waals surface area contributed by atoms with Crippen LogP contribution in [-0.4, -0.2) is 19.1 Å². The van der Waals surface area contributed by atoms with Crippen molar-refractivity contribution in [3.63, 3.8) is 0 Å². The van der Waals surface area contributed by atoms with E-state index in [9.17, 15) is 4.79 Å². The van der Waals surface area contributed by atoms with Crippen molar-refractivity contribution in [1.29, 1.82) is 0 Å². The SMILES string of the molecule is C[C@@H](NC(=O)c1ccc(-c2ccc3c(c2)OCCO3)s1)c1ccc(Br)cc1. The van der Waals surface area contributed by atoms with Gasteiger partial charge in [0.1, 0.15) is 13.2 Å². The van der Waals surface area contributed by atoms with Gasteiger partial charge in [0, 0.05) is 9.35 Å². The standard InChI is InChI=1S/C21H18BrNO3S/c1-13(14-2-5-16(22)6-3-14)23-21(24)20-9-8-19(27-20)15-4-7-17-18(12-15)26-11-10-25-17/h2-9,12-13H,10-11H2,1H3,(H,23,24)/t13-/m1/s1. The lowest BCUT2D eigenvalue weighted by molar-refractivity contribution is 0.0944. The number of thiophene rings is 1. The molecule has 1 N–H and O–H groups in total. The predicted molar refractivity (Wildman–Crippen MR) is 111 cm³/mol. The van der Waals surface area contributed by atoms with E-state index in [2.05, 4.69) is 21.2 Å². The van der Waals surface area contributed by atoms with Crippen molar-refractivity contribution < 1.29 is 14.3 Å². The van der Waals surface area contributed by atoms with Crippen LogP contribution in [0.25, 0.3) is 10.4 Å². The number of ether oxygens (including phenoxy) is 2. The summed E-state index contributed by atoms with van der Waals surface area (Å²) in [5, 5.41) is 3.06. The Bertz CT molecular complexity index is 968. The summed E-state index contributed by atoms with van der Waals surface area (Å²) in [7, 11) is 0. The molecule has 4 rings (SSSR count). The van der Waals surface area contributed by atoms with Gasteiger partial charge in [0.05, 0.1) is 10.9 Å². The Morgan fingerprint density at radius 3 is 2.56 bits per heavy atom. The van der Waals surface area contributed by atoms with E-state index in [0.717, 1.165) is 32.0 Å². The molecule has 1 atom stereocenters. The topological polar surface area (TPSA) is 47.6 Å². The average molecular weight is 444 g/mol. The monoisotopic (exact) mass is 443 g/mol. The van der Waals surface area contributed by atoms with Crippen LogP contribution in [0.3, 0.4) is 0 Å². The molecule has 6 heteroatoms. The largest absolute Gasteiger partial charge is 0.486 e. The van der Waals surface area contributed by atoms with Gasteiger partial charge in [-0.2, -0.15) is 0 Å². The average Bonchev–Trinajstić information content (AvgIpc) is 3.18. The molecular weight excluding hydrogens is 426 g/mol. The van der Waals surface area contributed by atoms with Gasteiger partial charge in [-0.05, 0) is 60.5 Å². The fourth-order valence-electron chi connectivity index (χ4n) is 2.91. The van der Waals surface area contributed by atoms with E-state index in [1.54, 1.807) is 0 Å². The minimum Gasteiger partial charge on any atom is -0.486 e. The molecule has 1 aromatic heterocycles. The normalized spacial score (nSPS) is 13.9. The highest BCUT2D eigenvalue weighted by Crippen LogP contribution is 2.37. The molecule has 1 aliphatic rings. The Balaban J connectivity index is 1.48. The highest BCUT2D eigenvalue weighted by atomic mass is 79.9. The highest BCUT2D eigenvalue weighted by molar-refractivity contribution is 9.10. The molecule has 0 saturated carbocycles. The molecule has 0 aliphatic carbocycles. The van der Waals surface area contributed by atoms with E-state index in [0.29, 0.717) is 18.1 Å². The van der Waals surface area contributed by atoms with Crippen LogP contribution in [0.15, 0.2) is 59.1 Å². The van der Waals surface area contributed by atoms with Crippen LogP contribution in [-0.2, 0) is 0 Å². The summed E-state index contributed by atoms with van der Waals surface area (Å²) >= 11 is 4.90. The predicted octanol–water partition coefficient (Wildman–Crippen LogP) is 5.44. The first-order chi connectivity index (χ1) is 13.1. The molecule has 27 heavy (non-hydrogen) atoms. The Labute approximate surface area is 170 Å². The molecule has 0 spiro atoms. The number of hydrogen-bond donors (Lipinski definition) is 1. The molecule has 1 amide bonds. The number of fused-ring (bicyclic) bond motifs is 1. The minimum atomic E-state index is -0.0702. The van der Waals surface area contributed by atoms with E-state index >= 15 is 0 Å². The third-order valence-corrected chi connectivity index (χ3v) is 6.04. The summed E-state index contributed by atoms with van der Waals surface area (Å²) in [5.74, 6) is 1.45. The highest BCUT2D eigenvalue weighted by Gasteiger charge is 2.16. The minimum absolute atomic E-state index is 0.0644. The molecule has 1 aliphatic heterocycles. The first kappa shape index (κ1) is 18.1. The summed E-state index contributed by atoms with van der Waals surface area (Å²) in [6.45, 7) is 3.12. The van der Waals surface area contributed by atoms with Crippen LogP contribution in [0.1, 0.15) is 28.2 Å². The molecule has 0 saturated heterocycles. The van der Waals surface area contributed by atoms with Gasteiger partial charge < -0.3 is 14.8 Å². The smallest absolute Gasteiger partial charge is 0.261 e. The number of benzene rings is 2. The summed E-state index contributed by atoms with van der Waals surface area (Å²) in [4.78, 5) is 14.3. The van der Waals surface area contributed by atoms with Gasteiger partial charge in [0.2, 0.25) is 0 Å². The quantitative estimate of drug-likeness (QED) is 0.583. The Morgan fingerprint density at radius 1 is 1.04 bits per heavy atom. The Morgan fingerprint density at radius 2 is 1.78 bits per heavy atom. The molecule has 2 heterocycles. The Kier molecular flexibility index (Phi) is 5.18. The van der Waals surface area contributed by atoms with Crippen molar-refractivity contribution in [1.82, 2.24) is 5.32 Å². The first-order valence-electron chi connectivity index (χ1n) is 8.66. The zero-order valence-electron chi connectivity index (χ0n) is 14.7. The molecule has 0 fully saturated rings. The molecule has 0 bridgehead atoms. The molecule has 2 aromatic carbocycles. The van der Waals surface area contributed by atoms with Crippen molar-refractivity contribution >= 4 is 33.2 Å². The Hall–Kier alpha value is -2.31. The van der Waals surface area contributed by atoms with Crippen molar-refractivity contribution in [2.75, 3.05) is 13.2 Å². The third kappa shape index (κ3) is 4.01. The first-order valence-corrected chi connectivity index (χ1v) is 10.3. The number of halogens is 1. The van der Waals surface area contributed by atoms with Crippen LogP contribution in [0.4, 0.5) is 0 Å². The molecular formula is C21H18BrNO3S. The lowest BCUT2D eigenvalue weighted by Gasteiger charge is -2.18. The van der Waals surface area contributed by atoms with Gasteiger partial charge in [0.15, 0.2) is 11.5 Å². The number of amides is 1. The van der Waals surface area contributed by atoms with Crippen molar-refractivity contribution in [2.45, 2.75) is 13.0 Å². The molecule has 0 radical (unpaired) electrons.